The number of carbonyl (C=O) groups excluding carboxylic acids is 2. The van der Waals surface area contributed by atoms with Gasteiger partial charge in [0.15, 0.2) is 23.2 Å². The minimum Gasteiger partial charge on any atom is -0.503 e. The summed E-state index contributed by atoms with van der Waals surface area (Å²) < 4.78 is 27.0. The van der Waals surface area contributed by atoms with Crippen LogP contribution in [0.1, 0.15) is 25.6 Å². The van der Waals surface area contributed by atoms with Gasteiger partial charge in [0.05, 0.1) is 11.3 Å². The third-order valence-corrected chi connectivity index (χ3v) is 4.15. The van der Waals surface area contributed by atoms with Crippen molar-refractivity contribution < 1.29 is 23.5 Å². The molecule has 1 aromatic carbocycles. The Morgan fingerprint density at radius 1 is 1.19 bits per heavy atom. The lowest BCUT2D eigenvalue weighted by Gasteiger charge is -2.26. The van der Waals surface area contributed by atoms with Crippen molar-refractivity contribution in [2.24, 2.45) is 5.92 Å². The molecule has 0 saturated carbocycles. The summed E-state index contributed by atoms with van der Waals surface area (Å²) in [6.45, 7) is 3.28. The number of nitrogens with zero attached hydrogens (tertiary/aromatic N) is 2. The number of halogens is 2. The highest BCUT2D eigenvalue weighted by Gasteiger charge is 2.45. The van der Waals surface area contributed by atoms with Crippen LogP contribution in [0.4, 0.5) is 14.5 Å². The summed E-state index contributed by atoms with van der Waals surface area (Å²) in [6.07, 6.45) is 1.48. The quantitative estimate of drug-likeness (QED) is 0.908. The van der Waals surface area contributed by atoms with Crippen LogP contribution in [0.15, 0.2) is 53.9 Å². The van der Waals surface area contributed by atoms with Crippen LogP contribution in [-0.2, 0) is 9.59 Å². The Hall–Kier alpha value is -3.09. The van der Waals surface area contributed by atoms with Gasteiger partial charge in [-0.05, 0) is 24.3 Å². The average molecular weight is 358 g/mol. The van der Waals surface area contributed by atoms with Gasteiger partial charge in [-0.3, -0.25) is 19.5 Å². The van der Waals surface area contributed by atoms with Crippen molar-refractivity contribution >= 4 is 17.4 Å². The van der Waals surface area contributed by atoms with E-state index in [1.54, 1.807) is 32.0 Å². The van der Waals surface area contributed by atoms with E-state index in [-0.39, 0.29) is 11.3 Å². The number of ketones is 1. The van der Waals surface area contributed by atoms with Crippen LogP contribution in [0.3, 0.4) is 0 Å². The number of amides is 1. The van der Waals surface area contributed by atoms with Gasteiger partial charge in [-0.25, -0.2) is 8.78 Å². The molecule has 26 heavy (non-hydrogen) atoms. The van der Waals surface area contributed by atoms with E-state index in [1.165, 1.54) is 12.3 Å². The van der Waals surface area contributed by atoms with E-state index in [0.717, 1.165) is 17.0 Å². The van der Waals surface area contributed by atoms with Crippen LogP contribution in [-0.4, -0.2) is 21.8 Å². The fourth-order valence-corrected chi connectivity index (χ4v) is 2.89. The molecule has 0 aliphatic carbocycles. The number of aliphatic hydroxyl groups is 1. The smallest absolute Gasteiger partial charge is 0.294 e. The summed E-state index contributed by atoms with van der Waals surface area (Å²) in [5, 5.41) is 10.3. The molecule has 1 aliphatic rings. The normalized spacial score (nSPS) is 17.3. The second-order valence-electron chi connectivity index (χ2n) is 6.21. The number of hydrogen-bond acceptors (Lipinski definition) is 4. The van der Waals surface area contributed by atoms with Gasteiger partial charge in [-0.1, -0.05) is 19.9 Å². The molecule has 5 nitrogen and oxygen atoms in total. The summed E-state index contributed by atoms with van der Waals surface area (Å²) >= 11 is 0. The first-order valence-electron chi connectivity index (χ1n) is 7.99. The predicted molar refractivity (Wildman–Crippen MR) is 90.3 cm³/mol. The first-order chi connectivity index (χ1) is 12.3. The highest BCUT2D eigenvalue weighted by atomic mass is 19.2. The highest BCUT2D eigenvalue weighted by molar-refractivity contribution is 6.16. The number of pyridine rings is 1. The molecule has 1 aromatic heterocycles. The number of hydrogen-bond donors (Lipinski definition) is 1. The van der Waals surface area contributed by atoms with Crippen molar-refractivity contribution in [3.63, 3.8) is 0 Å². The molecule has 134 valence electrons. The maximum absolute atomic E-state index is 13.7. The summed E-state index contributed by atoms with van der Waals surface area (Å²) in [5.74, 6) is -4.67. The number of rotatable bonds is 4. The van der Waals surface area contributed by atoms with Crippen molar-refractivity contribution in [2.45, 2.75) is 19.9 Å². The number of benzene rings is 1. The van der Waals surface area contributed by atoms with Crippen molar-refractivity contribution in [1.29, 1.82) is 0 Å². The van der Waals surface area contributed by atoms with E-state index < -0.39 is 41.0 Å². The molecule has 0 spiro atoms. The first-order valence-corrected chi connectivity index (χ1v) is 7.99. The van der Waals surface area contributed by atoms with Crippen molar-refractivity contribution in [2.75, 3.05) is 4.90 Å². The van der Waals surface area contributed by atoms with Gasteiger partial charge in [0.1, 0.15) is 6.04 Å². The van der Waals surface area contributed by atoms with E-state index >= 15 is 0 Å². The Labute approximate surface area is 148 Å². The molecule has 2 heterocycles. The Bertz CT molecular complexity index is 910. The molecular weight excluding hydrogens is 342 g/mol. The first kappa shape index (κ1) is 17.7. The molecule has 7 heteroatoms. The summed E-state index contributed by atoms with van der Waals surface area (Å²) in [5.41, 5.74) is 0.245. The zero-order valence-corrected chi connectivity index (χ0v) is 14.1. The van der Waals surface area contributed by atoms with Gasteiger partial charge < -0.3 is 5.11 Å². The molecule has 1 unspecified atom stereocenters. The minimum absolute atomic E-state index is 0.0164. The van der Waals surface area contributed by atoms with Gasteiger partial charge in [0.2, 0.25) is 0 Å². The van der Waals surface area contributed by atoms with Crippen LogP contribution in [0.2, 0.25) is 0 Å². The molecule has 2 aromatic rings. The van der Waals surface area contributed by atoms with Crippen LogP contribution in [0.5, 0.6) is 0 Å². The zero-order chi connectivity index (χ0) is 19.0. The molecule has 0 saturated heterocycles. The lowest BCUT2D eigenvalue weighted by Crippen LogP contribution is -2.32. The van der Waals surface area contributed by atoms with Crippen LogP contribution < -0.4 is 4.90 Å². The molecular formula is C19H16F2N2O3. The van der Waals surface area contributed by atoms with E-state index in [9.17, 15) is 23.5 Å². The summed E-state index contributed by atoms with van der Waals surface area (Å²) in [4.78, 5) is 30.5. The Balaban J connectivity index is 2.19. The lowest BCUT2D eigenvalue weighted by atomic mass is 9.93. The molecule has 3 rings (SSSR count). The Morgan fingerprint density at radius 2 is 1.92 bits per heavy atom. The highest BCUT2D eigenvalue weighted by Crippen LogP contribution is 2.41. The lowest BCUT2D eigenvalue weighted by molar-refractivity contribution is -0.119. The molecule has 1 N–H and O–H groups in total. The predicted octanol–water partition coefficient (Wildman–Crippen LogP) is 3.48. The topological polar surface area (TPSA) is 70.5 Å². The second-order valence-corrected chi connectivity index (χ2v) is 6.21. The Kier molecular flexibility index (Phi) is 4.54. The van der Waals surface area contributed by atoms with Gasteiger partial charge in [0, 0.05) is 23.9 Å². The van der Waals surface area contributed by atoms with Gasteiger partial charge in [-0.2, -0.15) is 0 Å². The fraction of sp³-hybridized carbons (Fsp3) is 0.211. The largest absolute Gasteiger partial charge is 0.503 e. The minimum atomic E-state index is -1.14. The fourth-order valence-electron chi connectivity index (χ4n) is 2.89. The SMILES string of the molecule is CC(C)C(=O)C1=C(O)C(=O)N(c2ccc(F)c(F)c2)C1c1ccccn1. The van der Waals surface area contributed by atoms with Crippen LogP contribution in [0, 0.1) is 17.6 Å². The van der Waals surface area contributed by atoms with E-state index in [1.807, 2.05) is 0 Å². The maximum atomic E-state index is 13.7. The number of carbonyl (C=O) groups is 2. The molecule has 1 aliphatic heterocycles. The van der Waals surface area contributed by atoms with Gasteiger partial charge >= 0.3 is 0 Å². The zero-order valence-electron chi connectivity index (χ0n) is 14.1. The maximum Gasteiger partial charge on any atom is 0.294 e. The third kappa shape index (κ3) is 2.85. The number of Topliss-reactive ketones (excluding diaryl/α,β-unsaturated/α-hetero) is 1. The second kappa shape index (κ2) is 6.67. The van der Waals surface area contributed by atoms with Crippen LogP contribution in [0.25, 0.3) is 0 Å². The molecule has 0 fully saturated rings. The monoisotopic (exact) mass is 358 g/mol. The summed E-state index contributed by atoms with van der Waals surface area (Å²) in [6, 6.07) is 6.84. The summed E-state index contributed by atoms with van der Waals surface area (Å²) in [7, 11) is 0. The number of aromatic nitrogens is 1. The van der Waals surface area contributed by atoms with E-state index in [4.69, 9.17) is 0 Å². The number of aliphatic hydroxyl groups excluding tert-OH is 1. The van der Waals surface area contributed by atoms with Crippen molar-refractivity contribution in [3.8, 4) is 0 Å². The van der Waals surface area contributed by atoms with Gasteiger partial charge in [0.25, 0.3) is 5.91 Å². The average Bonchev–Trinajstić information content (AvgIpc) is 2.89. The number of anilines is 1. The molecule has 1 amide bonds. The molecule has 0 bridgehead atoms. The van der Waals surface area contributed by atoms with Crippen molar-refractivity contribution in [3.05, 3.63) is 71.3 Å². The van der Waals surface area contributed by atoms with Crippen molar-refractivity contribution in [1.82, 2.24) is 4.98 Å². The van der Waals surface area contributed by atoms with E-state index in [2.05, 4.69) is 4.98 Å². The molecule has 1 atom stereocenters. The van der Waals surface area contributed by atoms with E-state index in [0.29, 0.717) is 5.69 Å². The molecule has 0 radical (unpaired) electrons. The Morgan fingerprint density at radius 3 is 2.50 bits per heavy atom. The van der Waals surface area contributed by atoms with Gasteiger partial charge in [-0.15, -0.1) is 0 Å². The van der Waals surface area contributed by atoms with Crippen LogP contribution >= 0.6 is 0 Å². The third-order valence-electron chi connectivity index (χ3n) is 4.15. The standard InChI is InChI=1S/C19H16F2N2O3/c1-10(2)17(24)15-16(14-5-3-4-8-22-14)23(19(26)18(15)25)11-6-7-12(20)13(21)9-11/h3-10,16,25H,1-2H3.